The molecule has 0 heterocycles. The lowest BCUT2D eigenvalue weighted by atomic mass is 10.3. The Morgan fingerprint density at radius 1 is 1.41 bits per heavy atom. The Morgan fingerprint density at radius 2 is 2.12 bits per heavy atom. The second-order valence-electron chi connectivity index (χ2n) is 3.58. The number of carboxylic acids is 1. The molecule has 0 saturated carbocycles. The Morgan fingerprint density at radius 3 is 2.65 bits per heavy atom. The summed E-state index contributed by atoms with van der Waals surface area (Å²) in [5.74, 6) is 0.651. The molecule has 2 N–H and O–H groups in total. The fourth-order valence-corrected chi connectivity index (χ4v) is 2.11. The zero-order chi connectivity index (χ0) is 13.1. The number of ether oxygens (including phenoxy) is 1. The van der Waals surface area contributed by atoms with E-state index in [0.717, 1.165) is 24.3 Å². The van der Waals surface area contributed by atoms with Crippen LogP contribution in [0.4, 0.5) is 0 Å². The van der Waals surface area contributed by atoms with Crippen LogP contribution in [0.25, 0.3) is 0 Å². The third-order valence-electron chi connectivity index (χ3n) is 2.16. The van der Waals surface area contributed by atoms with Crippen molar-refractivity contribution in [3.05, 3.63) is 0 Å². The van der Waals surface area contributed by atoms with E-state index in [1.54, 1.807) is 11.8 Å². The third kappa shape index (κ3) is 9.00. The first-order chi connectivity index (χ1) is 8.11. The van der Waals surface area contributed by atoms with Gasteiger partial charge in [-0.3, -0.25) is 4.79 Å². The van der Waals surface area contributed by atoms with Crippen LogP contribution < -0.4 is 5.32 Å². The van der Waals surface area contributed by atoms with Gasteiger partial charge in [-0.2, -0.15) is 11.8 Å². The molecule has 5 nitrogen and oxygen atoms in total. The van der Waals surface area contributed by atoms with Crippen LogP contribution in [-0.4, -0.2) is 48.2 Å². The highest BCUT2D eigenvalue weighted by molar-refractivity contribution is 7.99. The van der Waals surface area contributed by atoms with Gasteiger partial charge in [-0.15, -0.1) is 0 Å². The van der Waals surface area contributed by atoms with E-state index in [2.05, 4.69) is 12.2 Å². The van der Waals surface area contributed by atoms with Crippen molar-refractivity contribution in [2.24, 2.45) is 0 Å². The highest BCUT2D eigenvalue weighted by Crippen LogP contribution is 2.05. The number of hydrogen-bond acceptors (Lipinski definition) is 4. The first-order valence-electron chi connectivity index (χ1n) is 5.71. The standard InChI is InChI=1S/C11H21NO4S/c1-3-4-6-17-7-5-10(13)12-8-9(16-2)11(14)15/h9H,3-8H2,1-2H3,(H,12,13)(H,14,15). The maximum Gasteiger partial charge on any atom is 0.334 e. The van der Waals surface area contributed by atoms with Crippen LogP contribution in [0.1, 0.15) is 26.2 Å². The minimum absolute atomic E-state index is 0.0181. The largest absolute Gasteiger partial charge is 0.479 e. The summed E-state index contributed by atoms with van der Waals surface area (Å²) in [4.78, 5) is 21.9. The molecule has 0 aromatic carbocycles. The van der Waals surface area contributed by atoms with E-state index >= 15 is 0 Å². The summed E-state index contributed by atoms with van der Waals surface area (Å²) in [7, 11) is 1.31. The number of amides is 1. The predicted octanol–water partition coefficient (Wildman–Crippen LogP) is 1.13. The number of aliphatic carboxylic acids is 1. The first kappa shape index (κ1) is 16.2. The van der Waals surface area contributed by atoms with E-state index in [0.29, 0.717) is 6.42 Å². The number of hydrogen-bond donors (Lipinski definition) is 2. The predicted molar refractivity (Wildman–Crippen MR) is 68.3 cm³/mol. The normalized spacial score (nSPS) is 12.1. The van der Waals surface area contributed by atoms with Crippen molar-refractivity contribution in [3.8, 4) is 0 Å². The van der Waals surface area contributed by atoms with Crippen molar-refractivity contribution in [2.75, 3.05) is 25.2 Å². The maximum absolute atomic E-state index is 11.3. The summed E-state index contributed by atoms with van der Waals surface area (Å²) in [5, 5.41) is 11.2. The fraction of sp³-hybridized carbons (Fsp3) is 0.818. The molecular formula is C11H21NO4S. The average molecular weight is 263 g/mol. The van der Waals surface area contributed by atoms with Gasteiger partial charge in [0.25, 0.3) is 0 Å². The van der Waals surface area contributed by atoms with Crippen molar-refractivity contribution >= 4 is 23.6 Å². The highest BCUT2D eigenvalue weighted by Gasteiger charge is 2.16. The van der Waals surface area contributed by atoms with E-state index in [4.69, 9.17) is 9.84 Å². The minimum Gasteiger partial charge on any atom is -0.479 e. The number of nitrogens with one attached hydrogen (secondary N) is 1. The number of methoxy groups -OCH3 is 1. The van der Waals surface area contributed by atoms with Crippen LogP contribution in [0.5, 0.6) is 0 Å². The lowest BCUT2D eigenvalue weighted by Crippen LogP contribution is -2.37. The molecule has 17 heavy (non-hydrogen) atoms. The fourth-order valence-electron chi connectivity index (χ4n) is 1.08. The van der Waals surface area contributed by atoms with E-state index < -0.39 is 12.1 Å². The Hall–Kier alpha value is -0.750. The number of carboxylic acid groups (broad SMARTS) is 1. The van der Waals surface area contributed by atoms with Gasteiger partial charge in [-0.1, -0.05) is 13.3 Å². The molecule has 0 aromatic rings. The summed E-state index contributed by atoms with van der Waals surface area (Å²) < 4.78 is 4.70. The van der Waals surface area contributed by atoms with Gasteiger partial charge in [-0.25, -0.2) is 4.79 Å². The van der Waals surface area contributed by atoms with Crippen molar-refractivity contribution in [1.29, 1.82) is 0 Å². The SMILES string of the molecule is CCCCSCCC(=O)NCC(OC)C(=O)O. The highest BCUT2D eigenvalue weighted by atomic mass is 32.2. The second kappa shape index (κ2) is 10.4. The van der Waals surface area contributed by atoms with Gasteiger partial charge < -0.3 is 15.2 Å². The molecular weight excluding hydrogens is 242 g/mol. The van der Waals surface area contributed by atoms with Crippen LogP contribution in [-0.2, 0) is 14.3 Å². The molecule has 6 heteroatoms. The number of rotatable bonds is 10. The zero-order valence-electron chi connectivity index (χ0n) is 10.4. The summed E-state index contributed by atoms with van der Waals surface area (Å²) in [6.07, 6.45) is 1.78. The van der Waals surface area contributed by atoms with Crippen molar-refractivity contribution in [1.82, 2.24) is 5.32 Å². The Balaban J connectivity index is 3.55. The van der Waals surface area contributed by atoms with Gasteiger partial charge in [0.1, 0.15) is 0 Å². The van der Waals surface area contributed by atoms with Gasteiger partial charge in [0, 0.05) is 19.3 Å². The van der Waals surface area contributed by atoms with E-state index in [9.17, 15) is 9.59 Å². The summed E-state index contributed by atoms with van der Waals surface area (Å²) in [6.45, 7) is 2.15. The number of carbonyl (C=O) groups excluding carboxylic acids is 1. The van der Waals surface area contributed by atoms with E-state index in [1.165, 1.54) is 7.11 Å². The van der Waals surface area contributed by atoms with Crippen LogP contribution in [0.2, 0.25) is 0 Å². The Bertz CT molecular complexity index is 236. The van der Waals surface area contributed by atoms with Crippen LogP contribution in [0.15, 0.2) is 0 Å². The molecule has 100 valence electrons. The molecule has 0 spiro atoms. The van der Waals surface area contributed by atoms with Gasteiger partial charge in [0.15, 0.2) is 6.10 Å². The summed E-state index contributed by atoms with van der Waals surface area (Å²) in [5.41, 5.74) is 0. The third-order valence-corrected chi connectivity index (χ3v) is 3.23. The van der Waals surface area contributed by atoms with Gasteiger partial charge in [0.2, 0.25) is 5.91 Å². The first-order valence-corrected chi connectivity index (χ1v) is 6.87. The smallest absolute Gasteiger partial charge is 0.334 e. The van der Waals surface area contributed by atoms with E-state index in [-0.39, 0.29) is 12.5 Å². The summed E-state index contributed by atoms with van der Waals surface area (Å²) in [6, 6.07) is 0. The van der Waals surface area contributed by atoms with Gasteiger partial charge >= 0.3 is 5.97 Å². The van der Waals surface area contributed by atoms with Gasteiger partial charge in [0.05, 0.1) is 6.54 Å². The van der Waals surface area contributed by atoms with Gasteiger partial charge in [-0.05, 0) is 12.2 Å². The average Bonchev–Trinajstić information content (AvgIpc) is 2.29. The maximum atomic E-state index is 11.3. The molecule has 1 amide bonds. The lowest BCUT2D eigenvalue weighted by Gasteiger charge is -2.11. The van der Waals surface area contributed by atoms with Crippen molar-refractivity contribution in [2.45, 2.75) is 32.3 Å². The minimum atomic E-state index is -1.06. The summed E-state index contributed by atoms with van der Waals surface area (Å²) >= 11 is 1.74. The Labute approximate surface area is 106 Å². The molecule has 0 fully saturated rings. The van der Waals surface area contributed by atoms with Crippen LogP contribution >= 0.6 is 11.8 Å². The molecule has 0 aliphatic heterocycles. The topological polar surface area (TPSA) is 75.6 Å². The lowest BCUT2D eigenvalue weighted by molar-refractivity contribution is -0.148. The monoisotopic (exact) mass is 263 g/mol. The molecule has 0 rings (SSSR count). The molecule has 0 aliphatic rings. The molecule has 1 unspecified atom stereocenters. The number of carbonyl (C=O) groups is 2. The molecule has 0 saturated heterocycles. The quantitative estimate of drug-likeness (QED) is 0.578. The molecule has 0 bridgehead atoms. The number of unbranched alkanes of at least 4 members (excludes halogenated alkanes) is 1. The van der Waals surface area contributed by atoms with Crippen molar-refractivity contribution in [3.63, 3.8) is 0 Å². The van der Waals surface area contributed by atoms with E-state index in [1.807, 2.05) is 0 Å². The molecule has 0 radical (unpaired) electrons. The van der Waals surface area contributed by atoms with Crippen LogP contribution in [0, 0.1) is 0 Å². The van der Waals surface area contributed by atoms with Crippen molar-refractivity contribution < 1.29 is 19.4 Å². The number of thioether (sulfide) groups is 1. The van der Waals surface area contributed by atoms with Crippen LogP contribution in [0.3, 0.4) is 0 Å². The molecule has 0 aliphatic carbocycles. The Kier molecular flexibility index (Phi) is 9.95. The molecule has 1 atom stereocenters. The zero-order valence-corrected chi connectivity index (χ0v) is 11.2. The molecule has 0 aromatic heterocycles. The second-order valence-corrected chi connectivity index (χ2v) is 4.81.